The fourth-order valence-electron chi connectivity index (χ4n) is 1.54. The quantitative estimate of drug-likeness (QED) is 0.533. The summed E-state index contributed by atoms with van der Waals surface area (Å²) in [5, 5.41) is 3.99. The molecule has 0 bridgehead atoms. The average molecular weight is 278 g/mol. The van der Waals surface area contributed by atoms with Gasteiger partial charge in [-0.3, -0.25) is 4.79 Å². The third-order valence-corrected chi connectivity index (χ3v) is 4.09. The van der Waals surface area contributed by atoms with Crippen LogP contribution in [-0.2, 0) is 4.79 Å². The summed E-state index contributed by atoms with van der Waals surface area (Å²) in [5.41, 5.74) is -0.0384. The number of nitrogens with one attached hydrogen (secondary N) is 1. The molecule has 0 unspecified atom stereocenters. The Bertz CT molecular complexity index is 170. The summed E-state index contributed by atoms with van der Waals surface area (Å²) in [4.78, 5) is 11.7. The molecule has 1 amide bonds. The maximum absolute atomic E-state index is 11.7. The Morgan fingerprint density at radius 2 is 1.80 bits per heavy atom. The van der Waals surface area contributed by atoms with Crippen LogP contribution in [0.25, 0.3) is 0 Å². The van der Waals surface area contributed by atoms with Crippen molar-refractivity contribution >= 4 is 21.8 Å². The number of unbranched alkanes of at least 4 members (excludes halogenated alkanes) is 2. The lowest BCUT2D eigenvalue weighted by Crippen LogP contribution is -2.49. The molecular formula is C12H24BrNO. The van der Waals surface area contributed by atoms with Gasteiger partial charge in [0.15, 0.2) is 0 Å². The zero-order valence-electron chi connectivity index (χ0n) is 10.2. The van der Waals surface area contributed by atoms with Crippen LogP contribution in [0, 0.1) is 0 Å². The number of alkyl halides is 1. The summed E-state index contributed by atoms with van der Waals surface area (Å²) >= 11 is 3.49. The van der Waals surface area contributed by atoms with E-state index in [1.54, 1.807) is 0 Å². The van der Waals surface area contributed by atoms with Crippen molar-refractivity contribution < 1.29 is 4.79 Å². The van der Waals surface area contributed by atoms with Crippen molar-refractivity contribution in [1.82, 2.24) is 5.32 Å². The number of halogens is 1. The minimum Gasteiger partial charge on any atom is -0.350 e. The first-order valence-corrected chi connectivity index (χ1v) is 7.13. The van der Waals surface area contributed by atoms with Gasteiger partial charge in [0, 0.05) is 17.3 Å². The largest absolute Gasteiger partial charge is 0.350 e. The van der Waals surface area contributed by atoms with Crippen LogP contribution < -0.4 is 5.32 Å². The molecule has 0 aliphatic heterocycles. The molecule has 0 aromatic carbocycles. The molecule has 0 aliphatic rings. The lowest BCUT2D eigenvalue weighted by Gasteiger charge is -2.30. The van der Waals surface area contributed by atoms with Crippen LogP contribution in [0.5, 0.6) is 0 Å². The van der Waals surface area contributed by atoms with Gasteiger partial charge in [0.05, 0.1) is 0 Å². The molecule has 15 heavy (non-hydrogen) atoms. The molecule has 0 aliphatic carbocycles. The van der Waals surface area contributed by atoms with Gasteiger partial charge in [-0.15, -0.1) is 0 Å². The molecule has 0 rings (SSSR count). The summed E-state index contributed by atoms with van der Waals surface area (Å²) in [5.74, 6) is 0.201. The molecule has 90 valence electrons. The second-order valence-electron chi connectivity index (χ2n) is 4.13. The first-order valence-electron chi connectivity index (χ1n) is 6.01. The predicted molar refractivity (Wildman–Crippen MR) is 69.4 cm³/mol. The number of hydrogen-bond acceptors (Lipinski definition) is 1. The molecule has 0 radical (unpaired) electrons. The maximum atomic E-state index is 11.7. The summed E-state index contributed by atoms with van der Waals surface area (Å²) < 4.78 is 0. The number of carbonyl (C=O) groups excluding carboxylic acids is 1. The molecule has 2 nitrogen and oxygen atoms in total. The van der Waals surface area contributed by atoms with E-state index in [0.29, 0.717) is 6.42 Å². The number of carbonyl (C=O) groups is 1. The number of hydrogen-bond donors (Lipinski definition) is 1. The molecule has 0 atom stereocenters. The third-order valence-electron chi connectivity index (χ3n) is 3.02. The van der Waals surface area contributed by atoms with E-state index in [0.717, 1.165) is 31.0 Å². The SMILES string of the molecule is CCCCCC(=O)NC(CC)(CC)CBr. The van der Waals surface area contributed by atoms with E-state index < -0.39 is 0 Å². The van der Waals surface area contributed by atoms with Crippen molar-refractivity contribution in [3.05, 3.63) is 0 Å². The summed E-state index contributed by atoms with van der Waals surface area (Å²) in [7, 11) is 0. The van der Waals surface area contributed by atoms with Gasteiger partial charge in [0.1, 0.15) is 0 Å². The van der Waals surface area contributed by atoms with E-state index in [2.05, 4.69) is 42.0 Å². The highest BCUT2D eigenvalue weighted by Crippen LogP contribution is 2.18. The molecule has 1 N–H and O–H groups in total. The third kappa shape index (κ3) is 5.55. The van der Waals surface area contributed by atoms with Crippen LogP contribution in [0.1, 0.15) is 59.3 Å². The summed E-state index contributed by atoms with van der Waals surface area (Å²) in [6.07, 6.45) is 5.95. The van der Waals surface area contributed by atoms with Crippen LogP contribution in [0.4, 0.5) is 0 Å². The minimum absolute atomic E-state index is 0.0384. The zero-order chi connectivity index (χ0) is 11.7. The van der Waals surface area contributed by atoms with Crippen molar-refractivity contribution in [3.8, 4) is 0 Å². The molecule has 0 saturated carbocycles. The Kier molecular flexibility index (Phi) is 8.12. The van der Waals surface area contributed by atoms with Crippen molar-refractivity contribution in [2.24, 2.45) is 0 Å². The lowest BCUT2D eigenvalue weighted by atomic mass is 9.95. The molecular weight excluding hydrogens is 254 g/mol. The molecule has 0 aromatic heterocycles. The molecule has 0 spiro atoms. The van der Waals surface area contributed by atoms with Gasteiger partial charge < -0.3 is 5.32 Å². The normalized spacial score (nSPS) is 11.5. The van der Waals surface area contributed by atoms with Crippen LogP contribution in [0.3, 0.4) is 0 Å². The summed E-state index contributed by atoms with van der Waals surface area (Å²) in [6, 6.07) is 0. The van der Waals surface area contributed by atoms with Crippen molar-refractivity contribution in [2.45, 2.75) is 64.8 Å². The van der Waals surface area contributed by atoms with Crippen molar-refractivity contribution in [1.29, 1.82) is 0 Å². The molecule has 0 fully saturated rings. The minimum atomic E-state index is -0.0384. The van der Waals surface area contributed by atoms with E-state index >= 15 is 0 Å². The number of amides is 1. The highest BCUT2D eigenvalue weighted by atomic mass is 79.9. The molecule has 3 heteroatoms. The second kappa shape index (κ2) is 8.14. The maximum Gasteiger partial charge on any atom is 0.220 e. The summed E-state index contributed by atoms with van der Waals surface area (Å²) in [6.45, 7) is 6.40. The van der Waals surface area contributed by atoms with Gasteiger partial charge in [-0.25, -0.2) is 0 Å². The topological polar surface area (TPSA) is 29.1 Å². The first kappa shape index (κ1) is 14.9. The van der Waals surface area contributed by atoms with E-state index in [-0.39, 0.29) is 11.4 Å². The van der Waals surface area contributed by atoms with Gasteiger partial charge in [0.2, 0.25) is 5.91 Å². The van der Waals surface area contributed by atoms with Gasteiger partial charge in [-0.2, -0.15) is 0 Å². The van der Waals surface area contributed by atoms with Crippen LogP contribution in [-0.4, -0.2) is 16.8 Å². The Morgan fingerprint density at radius 1 is 1.20 bits per heavy atom. The van der Waals surface area contributed by atoms with E-state index in [1.165, 1.54) is 6.42 Å². The highest BCUT2D eigenvalue weighted by Gasteiger charge is 2.26. The van der Waals surface area contributed by atoms with Gasteiger partial charge in [-0.1, -0.05) is 49.5 Å². The average Bonchev–Trinajstić information content (AvgIpc) is 2.26. The monoisotopic (exact) mass is 277 g/mol. The second-order valence-corrected chi connectivity index (χ2v) is 4.69. The van der Waals surface area contributed by atoms with Gasteiger partial charge in [-0.05, 0) is 19.3 Å². The first-order chi connectivity index (χ1) is 7.14. The van der Waals surface area contributed by atoms with E-state index in [1.807, 2.05) is 0 Å². The van der Waals surface area contributed by atoms with Crippen molar-refractivity contribution in [3.63, 3.8) is 0 Å². The Morgan fingerprint density at radius 3 is 2.20 bits per heavy atom. The standard InChI is InChI=1S/C12H24BrNO/c1-4-7-8-9-11(15)14-12(5-2,6-3)10-13/h4-10H2,1-3H3,(H,14,15). The fraction of sp³-hybridized carbons (Fsp3) is 0.917. The van der Waals surface area contributed by atoms with Gasteiger partial charge in [0.25, 0.3) is 0 Å². The van der Waals surface area contributed by atoms with Crippen LogP contribution >= 0.6 is 15.9 Å². The molecule has 0 saturated heterocycles. The van der Waals surface area contributed by atoms with Crippen LogP contribution in [0.15, 0.2) is 0 Å². The molecule has 0 heterocycles. The van der Waals surface area contributed by atoms with E-state index in [9.17, 15) is 4.79 Å². The van der Waals surface area contributed by atoms with Crippen molar-refractivity contribution in [2.75, 3.05) is 5.33 Å². The zero-order valence-corrected chi connectivity index (χ0v) is 11.8. The van der Waals surface area contributed by atoms with Gasteiger partial charge >= 0.3 is 0 Å². The van der Waals surface area contributed by atoms with Crippen LogP contribution in [0.2, 0.25) is 0 Å². The van der Waals surface area contributed by atoms with E-state index in [4.69, 9.17) is 0 Å². The lowest BCUT2D eigenvalue weighted by molar-refractivity contribution is -0.123. The number of rotatable bonds is 8. The Balaban J connectivity index is 4.00. The highest BCUT2D eigenvalue weighted by molar-refractivity contribution is 9.09. The smallest absolute Gasteiger partial charge is 0.220 e. The Labute approximate surface area is 102 Å². The molecule has 0 aromatic rings. The Hall–Kier alpha value is -0.0500. The predicted octanol–water partition coefficient (Wildman–Crippen LogP) is 3.64. The fourth-order valence-corrected chi connectivity index (χ4v) is 2.48.